The highest BCUT2D eigenvalue weighted by atomic mass is 35.5. The van der Waals surface area contributed by atoms with E-state index in [2.05, 4.69) is 0 Å². The summed E-state index contributed by atoms with van der Waals surface area (Å²) in [7, 11) is -4.88. The third-order valence-electron chi connectivity index (χ3n) is 7.36. The monoisotopic (exact) mass is 616 g/mol. The van der Waals surface area contributed by atoms with Crippen molar-refractivity contribution >= 4 is 39.8 Å². The van der Waals surface area contributed by atoms with Gasteiger partial charge in [0, 0.05) is 63.0 Å². The maximum atomic E-state index is 14.0. The highest BCUT2D eigenvalue weighted by Crippen LogP contribution is 2.45. The third kappa shape index (κ3) is 6.94. The Kier molecular flexibility index (Phi) is 10.2. The van der Waals surface area contributed by atoms with Gasteiger partial charge in [0.25, 0.3) is 10.0 Å². The fourth-order valence-electron chi connectivity index (χ4n) is 4.98. The number of hydrogen-bond donors (Lipinski definition) is 0. The molecule has 1 heterocycles. The van der Waals surface area contributed by atoms with E-state index < -0.39 is 63.5 Å². The van der Waals surface area contributed by atoms with Gasteiger partial charge in [-0.2, -0.15) is 26.3 Å². The van der Waals surface area contributed by atoms with Crippen LogP contribution in [-0.4, -0.2) is 66.3 Å². The molecule has 3 rings (SSSR count). The van der Waals surface area contributed by atoms with E-state index in [1.807, 2.05) is 0 Å². The molecule has 1 saturated heterocycles. The van der Waals surface area contributed by atoms with Gasteiger partial charge in [0.2, 0.25) is 5.92 Å². The maximum absolute atomic E-state index is 14.0. The van der Waals surface area contributed by atoms with Crippen LogP contribution in [0, 0.1) is 0 Å². The van der Waals surface area contributed by atoms with Crippen molar-refractivity contribution in [3.8, 4) is 0 Å². The fraction of sp³-hybridized carbons (Fsp3) is 0.696. The SMILES string of the molecule is CCC(F)(F)S(=O)(=O)N1CCN(C2(CCC(=O)c3ccc(C(F)(F)F)cc3Cl)CCC(F)(F)CC2)CC1.Cl. The summed E-state index contributed by atoms with van der Waals surface area (Å²) in [4.78, 5) is 14.6. The average molecular weight is 617 g/mol. The van der Waals surface area contributed by atoms with E-state index in [0.29, 0.717) is 10.4 Å². The van der Waals surface area contributed by atoms with Crippen LogP contribution in [0.15, 0.2) is 18.2 Å². The number of rotatable bonds is 8. The third-order valence-corrected chi connectivity index (χ3v) is 9.77. The number of alkyl halides is 7. The number of hydrogen-bond acceptors (Lipinski definition) is 4. The summed E-state index contributed by atoms with van der Waals surface area (Å²) in [6, 6.07) is 2.37. The van der Waals surface area contributed by atoms with Crippen molar-refractivity contribution in [2.24, 2.45) is 0 Å². The van der Waals surface area contributed by atoms with Crippen molar-refractivity contribution in [1.82, 2.24) is 9.21 Å². The lowest BCUT2D eigenvalue weighted by molar-refractivity contribution is -0.137. The van der Waals surface area contributed by atoms with Crippen molar-refractivity contribution in [2.45, 2.75) is 74.8 Å². The first kappa shape index (κ1) is 33.1. The van der Waals surface area contributed by atoms with E-state index in [0.717, 1.165) is 19.1 Å². The molecule has 0 atom stereocenters. The molecule has 1 aromatic carbocycles. The van der Waals surface area contributed by atoms with Crippen molar-refractivity contribution in [3.63, 3.8) is 0 Å². The van der Waals surface area contributed by atoms with Crippen molar-refractivity contribution < 1.29 is 43.9 Å². The zero-order chi connectivity index (χ0) is 27.9. The van der Waals surface area contributed by atoms with Crippen molar-refractivity contribution in [1.29, 1.82) is 0 Å². The summed E-state index contributed by atoms with van der Waals surface area (Å²) in [5.41, 5.74) is -2.05. The summed E-state index contributed by atoms with van der Waals surface area (Å²) in [6.07, 6.45) is -6.58. The van der Waals surface area contributed by atoms with Crippen LogP contribution in [-0.2, 0) is 16.2 Å². The topological polar surface area (TPSA) is 57.7 Å². The van der Waals surface area contributed by atoms with Gasteiger partial charge in [0.1, 0.15) is 0 Å². The van der Waals surface area contributed by atoms with E-state index in [1.54, 1.807) is 4.90 Å². The lowest BCUT2D eigenvalue weighted by atomic mass is 9.74. The van der Waals surface area contributed by atoms with Gasteiger partial charge in [-0.15, -0.1) is 12.4 Å². The molecule has 1 aliphatic heterocycles. The van der Waals surface area contributed by atoms with E-state index in [4.69, 9.17) is 11.6 Å². The molecule has 0 N–H and O–H groups in total. The summed E-state index contributed by atoms with van der Waals surface area (Å²) < 4.78 is 120. The first-order chi connectivity index (χ1) is 16.9. The Hall–Kier alpha value is -1.15. The van der Waals surface area contributed by atoms with Crippen LogP contribution in [0.4, 0.5) is 30.7 Å². The number of piperazine rings is 1. The molecule has 218 valence electrons. The maximum Gasteiger partial charge on any atom is 0.416 e. The lowest BCUT2D eigenvalue weighted by Crippen LogP contribution is -2.61. The van der Waals surface area contributed by atoms with Crippen molar-refractivity contribution in [3.05, 3.63) is 34.3 Å². The second-order valence-corrected chi connectivity index (χ2v) is 12.0. The van der Waals surface area contributed by atoms with Gasteiger partial charge >= 0.3 is 11.4 Å². The van der Waals surface area contributed by atoms with E-state index in [1.165, 1.54) is 0 Å². The molecule has 5 nitrogen and oxygen atoms in total. The number of carbonyl (C=O) groups excluding carboxylic acids is 1. The summed E-state index contributed by atoms with van der Waals surface area (Å²) in [6.45, 7) is 0.577. The molecule has 2 aliphatic rings. The van der Waals surface area contributed by atoms with Gasteiger partial charge in [-0.05, 0) is 37.5 Å². The molecule has 38 heavy (non-hydrogen) atoms. The predicted octanol–water partition coefficient (Wildman–Crippen LogP) is 6.64. The quantitative estimate of drug-likeness (QED) is 0.243. The number of Topliss-reactive ketones (excluding diaryl/α,β-unsaturated/α-hetero) is 1. The summed E-state index contributed by atoms with van der Waals surface area (Å²) >= 11 is 5.93. The molecule has 0 bridgehead atoms. The number of sulfonamides is 1. The van der Waals surface area contributed by atoms with Crippen LogP contribution in [0.1, 0.15) is 67.8 Å². The van der Waals surface area contributed by atoms with Gasteiger partial charge in [-0.25, -0.2) is 17.2 Å². The smallest absolute Gasteiger partial charge is 0.295 e. The normalized spacial score (nSPS) is 21.1. The van der Waals surface area contributed by atoms with Crippen LogP contribution in [0.25, 0.3) is 0 Å². The van der Waals surface area contributed by atoms with Crippen LogP contribution in [0.3, 0.4) is 0 Å². The molecule has 1 aromatic rings. The standard InChI is InChI=1S/C23H28ClF7N2O3S.ClH/c1-2-22(27,28)37(35,36)33-13-11-32(12-14-33)20(7-9-21(25,26)10-8-20)6-5-19(34)17-4-3-16(15-18(17)24)23(29,30)31;/h3-4,15H,2,5-14H2,1H3;1H. The zero-order valence-corrected chi connectivity index (χ0v) is 22.9. The Bertz CT molecular complexity index is 1100. The van der Waals surface area contributed by atoms with Gasteiger partial charge < -0.3 is 0 Å². The molecule has 0 unspecified atom stereocenters. The Morgan fingerprint density at radius 2 is 1.55 bits per heavy atom. The van der Waals surface area contributed by atoms with Crippen LogP contribution < -0.4 is 0 Å². The molecule has 0 aromatic heterocycles. The highest BCUT2D eigenvalue weighted by Gasteiger charge is 2.51. The Labute approximate surface area is 228 Å². The first-order valence-electron chi connectivity index (χ1n) is 11.8. The van der Waals surface area contributed by atoms with Crippen LogP contribution in [0.2, 0.25) is 5.02 Å². The van der Waals surface area contributed by atoms with Gasteiger partial charge in [0.05, 0.1) is 10.6 Å². The van der Waals surface area contributed by atoms with Gasteiger partial charge in [0.15, 0.2) is 5.78 Å². The fourth-order valence-corrected chi connectivity index (χ4v) is 6.65. The molecule has 0 spiro atoms. The van der Waals surface area contributed by atoms with Crippen LogP contribution in [0.5, 0.6) is 0 Å². The molecule has 0 radical (unpaired) electrons. The molecular formula is C23H29Cl2F7N2O3S. The minimum absolute atomic E-state index is 0. The summed E-state index contributed by atoms with van der Waals surface area (Å²) in [5, 5.41) is -4.30. The number of nitrogens with zero attached hydrogens (tertiary/aromatic N) is 2. The molecule has 15 heteroatoms. The average Bonchev–Trinajstić information content (AvgIpc) is 2.83. The predicted molar refractivity (Wildman–Crippen MR) is 131 cm³/mol. The van der Waals surface area contributed by atoms with Crippen molar-refractivity contribution in [2.75, 3.05) is 26.2 Å². The Morgan fingerprint density at radius 3 is 2.03 bits per heavy atom. The minimum atomic E-state index is -4.88. The van der Waals surface area contributed by atoms with Gasteiger partial charge in [-0.1, -0.05) is 18.5 Å². The summed E-state index contributed by atoms with van der Waals surface area (Å²) in [5.74, 6) is -3.46. The van der Waals surface area contributed by atoms with E-state index in [9.17, 15) is 43.9 Å². The zero-order valence-electron chi connectivity index (χ0n) is 20.5. The second-order valence-electron chi connectivity index (χ2n) is 9.58. The lowest BCUT2D eigenvalue weighted by Gasteiger charge is -2.51. The second kappa shape index (κ2) is 11.8. The highest BCUT2D eigenvalue weighted by molar-refractivity contribution is 7.90. The molecule has 1 aliphatic carbocycles. The number of halogens is 9. The number of carbonyl (C=O) groups is 1. The Morgan fingerprint density at radius 1 is 1.00 bits per heavy atom. The number of benzene rings is 1. The minimum Gasteiger partial charge on any atom is -0.295 e. The van der Waals surface area contributed by atoms with Crippen LogP contribution >= 0.6 is 24.0 Å². The number of ketones is 1. The molecule has 0 amide bonds. The molecular weight excluding hydrogens is 588 g/mol. The van der Waals surface area contributed by atoms with E-state index in [-0.39, 0.29) is 74.9 Å². The molecule has 1 saturated carbocycles. The largest absolute Gasteiger partial charge is 0.416 e. The Balaban J connectivity index is 0.00000507. The molecule has 2 fully saturated rings. The van der Waals surface area contributed by atoms with E-state index >= 15 is 0 Å². The first-order valence-corrected chi connectivity index (χ1v) is 13.7. The van der Waals surface area contributed by atoms with Gasteiger partial charge in [-0.3, -0.25) is 9.69 Å².